The molecule has 9 aromatic heterocycles. The average molecular weight is 1470 g/mol. The Hall–Kier alpha value is -10.5. The molecule has 0 aliphatic carbocycles. The first-order valence-corrected chi connectivity index (χ1v) is 31.7. The number of phenolic OH excluding ortho intramolecular Hbond substituents is 3. The monoisotopic (exact) mass is 1470 g/mol. The summed E-state index contributed by atoms with van der Waals surface area (Å²) in [6, 6.07) is 22.0. The summed E-state index contributed by atoms with van der Waals surface area (Å²) < 4.78 is 79.3. The van der Waals surface area contributed by atoms with Gasteiger partial charge in [0, 0.05) is 91.1 Å². The Bertz CT molecular complexity index is 4370. The number of halogens is 8. The Morgan fingerprint density at radius 2 is 0.843 bits per heavy atom. The number of pyridine rings is 5. The van der Waals surface area contributed by atoms with Crippen LogP contribution in [0.2, 0.25) is 10.3 Å². The number of aliphatic hydroxyl groups is 2. The van der Waals surface area contributed by atoms with Crippen LogP contribution in [0.15, 0.2) is 147 Å². The molecule has 34 heteroatoms. The Morgan fingerprint density at radius 1 is 0.480 bits per heavy atom. The molecule has 0 radical (unpaired) electrons. The molecule has 0 saturated carbocycles. The molecule has 0 saturated heterocycles. The lowest BCUT2D eigenvalue weighted by Crippen LogP contribution is -2.37. The molecule has 0 spiro atoms. The van der Waals surface area contributed by atoms with E-state index in [-0.39, 0.29) is 110 Å². The number of carboxylic acid groups (broad SMARTS) is 1. The molecule has 0 amide bonds. The maximum atomic E-state index is 14.5. The quantitative estimate of drug-likeness (QED) is 0.0138. The third-order valence-electron chi connectivity index (χ3n) is 13.8. The number of nitrogens with zero attached hydrogens (tertiary/aromatic N) is 13. The minimum Gasteiger partial charge on any atom is -0.507 e. The fourth-order valence-corrected chi connectivity index (χ4v) is 9.65. The van der Waals surface area contributed by atoms with Crippen LogP contribution in [0, 0.1) is 29.1 Å². The zero-order valence-electron chi connectivity index (χ0n) is 55.8. The zero-order valence-corrected chi connectivity index (χ0v) is 58.0. The summed E-state index contributed by atoms with van der Waals surface area (Å²) in [5.74, 6) is -4.40. The van der Waals surface area contributed by atoms with E-state index in [0.717, 1.165) is 24.0 Å². The van der Waals surface area contributed by atoms with Gasteiger partial charge in [-0.05, 0) is 134 Å². The fraction of sp³-hybridized carbons (Fsp3) is 0.235. The molecule has 0 fully saturated rings. The number of aromatic hydroxyl groups is 3. The number of aromatic nitrogens is 13. The minimum atomic E-state index is -1.43. The number of hydrogen-bond acceptors (Lipinski definition) is 20. The second-order valence-electron chi connectivity index (χ2n) is 22.0. The van der Waals surface area contributed by atoms with Gasteiger partial charge in [-0.3, -0.25) is 43.3 Å². The van der Waals surface area contributed by atoms with Gasteiger partial charge in [0.25, 0.3) is 0 Å². The van der Waals surface area contributed by atoms with Crippen molar-refractivity contribution in [3.05, 3.63) is 225 Å². The summed E-state index contributed by atoms with van der Waals surface area (Å²) in [4.78, 5) is 51.2. The zero-order chi connectivity index (χ0) is 75.5. The number of benzene rings is 2. The van der Waals surface area contributed by atoms with Crippen molar-refractivity contribution in [1.82, 2.24) is 64.0 Å². The number of carbonyl (C=O) groups excluding carboxylic acids is 2. The van der Waals surface area contributed by atoms with E-state index in [9.17, 15) is 46.5 Å². The van der Waals surface area contributed by atoms with E-state index in [1.54, 1.807) is 67.8 Å². The maximum Gasteiger partial charge on any atom is 0.507 e. The third-order valence-corrected chi connectivity index (χ3v) is 14.7. The highest BCUT2D eigenvalue weighted by atomic mass is 35.5. The van der Waals surface area contributed by atoms with Crippen molar-refractivity contribution in [2.24, 2.45) is 0 Å². The van der Waals surface area contributed by atoms with Crippen LogP contribution in [0.4, 0.5) is 22.0 Å². The van der Waals surface area contributed by atoms with Crippen molar-refractivity contribution in [2.45, 2.75) is 105 Å². The molecule has 102 heavy (non-hydrogen) atoms. The first-order chi connectivity index (χ1) is 48.6. The molecule has 538 valence electrons. The van der Waals surface area contributed by atoms with Crippen LogP contribution >= 0.6 is 34.8 Å². The molecule has 9 heterocycles. The number of carbonyl (C=O) groups is 3. The van der Waals surface area contributed by atoms with Gasteiger partial charge in [-0.1, -0.05) is 35.3 Å². The SMILES string of the molecule is CC(C)n1nccc1-c1nccc(F)c1CCl.CC(C)n1nccc1-c1nccc(F)c1CO.CC(C)n1nccc1-c1nccc(F)c1COc1cccc(O)c1C=O.CC(C)n1nccc1B(O)O.O=C(O)c1c(F)ccnc1Cl.O=Cc1c(O)cccc1O.OCc1c(F)ccnc1Cl. The molecule has 0 aliphatic rings. The van der Waals surface area contributed by atoms with E-state index in [2.05, 4.69) is 45.3 Å². The average Bonchev–Trinajstić information content (AvgIpc) is 1.69. The number of hydrogen-bond donors (Lipinski definition) is 8. The van der Waals surface area contributed by atoms with Gasteiger partial charge in [0.05, 0.1) is 81.1 Å². The van der Waals surface area contributed by atoms with Crippen LogP contribution in [0.5, 0.6) is 23.0 Å². The number of alkyl halides is 1. The molecule has 0 aliphatic heterocycles. The van der Waals surface area contributed by atoms with Crippen molar-refractivity contribution >= 4 is 66.1 Å². The van der Waals surface area contributed by atoms with Crippen LogP contribution in [0.1, 0.15) is 133 Å². The number of rotatable bonds is 17. The summed E-state index contributed by atoms with van der Waals surface area (Å²) in [5.41, 5.74) is 4.30. The van der Waals surface area contributed by atoms with Crippen molar-refractivity contribution in [3.63, 3.8) is 0 Å². The molecule has 11 rings (SSSR count). The van der Waals surface area contributed by atoms with Gasteiger partial charge in [-0.2, -0.15) is 20.4 Å². The number of aldehydes is 2. The molecule has 0 atom stereocenters. The largest absolute Gasteiger partial charge is 0.507 e. The van der Waals surface area contributed by atoms with Crippen molar-refractivity contribution in [2.75, 3.05) is 0 Å². The number of aromatic carboxylic acids is 1. The van der Waals surface area contributed by atoms with Gasteiger partial charge < -0.3 is 45.4 Å². The number of aliphatic hydroxyl groups excluding tert-OH is 2. The van der Waals surface area contributed by atoms with E-state index in [4.69, 9.17) is 70.0 Å². The summed E-state index contributed by atoms with van der Waals surface area (Å²) in [5, 5.41) is 87.6. The van der Waals surface area contributed by atoms with E-state index >= 15 is 0 Å². The molecule has 0 unspecified atom stereocenters. The van der Waals surface area contributed by atoms with Crippen LogP contribution in [0.3, 0.4) is 0 Å². The normalized spacial score (nSPS) is 10.5. The molecule has 0 bridgehead atoms. The topological polar surface area (TPSA) is 358 Å². The predicted molar refractivity (Wildman–Crippen MR) is 370 cm³/mol. The lowest BCUT2D eigenvalue weighted by Gasteiger charge is -2.15. The second-order valence-corrected chi connectivity index (χ2v) is 23.0. The van der Waals surface area contributed by atoms with Crippen molar-refractivity contribution in [1.29, 1.82) is 0 Å². The van der Waals surface area contributed by atoms with E-state index in [1.807, 2.05) is 61.5 Å². The lowest BCUT2D eigenvalue weighted by molar-refractivity contribution is 0.0691. The summed E-state index contributed by atoms with van der Waals surface area (Å²) in [6.07, 6.45) is 14.0. The molecule has 8 N–H and O–H groups in total. The van der Waals surface area contributed by atoms with E-state index in [0.29, 0.717) is 52.2 Å². The summed E-state index contributed by atoms with van der Waals surface area (Å²) in [7, 11) is -1.43. The maximum absolute atomic E-state index is 14.5. The number of carboxylic acids is 1. The van der Waals surface area contributed by atoms with E-state index in [1.165, 1.54) is 73.3 Å². The van der Waals surface area contributed by atoms with Gasteiger partial charge in [0.1, 0.15) is 74.6 Å². The van der Waals surface area contributed by atoms with Gasteiger partial charge in [0.15, 0.2) is 12.6 Å². The van der Waals surface area contributed by atoms with Crippen LogP contribution < -0.4 is 10.3 Å². The van der Waals surface area contributed by atoms with Crippen LogP contribution in [0.25, 0.3) is 34.2 Å². The van der Waals surface area contributed by atoms with Crippen LogP contribution in [-0.4, -0.2) is 130 Å². The van der Waals surface area contributed by atoms with Crippen LogP contribution in [-0.2, 0) is 25.7 Å². The predicted octanol–water partition coefficient (Wildman–Crippen LogP) is 12.3. The first kappa shape index (κ1) is 82.1. The Morgan fingerprint density at radius 3 is 1.21 bits per heavy atom. The number of phenols is 3. The Kier molecular flexibility index (Phi) is 32.2. The minimum absolute atomic E-state index is 0.0162. The van der Waals surface area contributed by atoms with Gasteiger partial charge >= 0.3 is 13.1 Å². The van der Waals surface area contributed by atoms with E-state index < -0.39 is 48.5 Å². The molecule has 11 aromatic rings. The second kappa shape index (κ2) is 40.0. The van der Waals surface area contributed by atoms with Gasteiger partial charge in [0.2, 0.25) is 0 Å². The molecular weight excluding hydrogens is 1400 g/mol. The Balaban J connectivity index is 0.000000221. The highest BCUT2D eigenvalue weighted by molar-refractivity contribution is 6.57. The molecular formula is C68H70BCl3F5N13O12. The third kappa shape index (κ3) is 22.0. The highest BCUT2D eigenvalue weighted by Crippen LogP contribution is 2.32. The molecule has 25 nitrogen and oxygen atoms in total. The fourth-order valence-electron chi connectivity index (χ4n) is 8.96. The Labute approximate surface area is 596 Å². The standard InChI is InChI=1S/C19H18FN3O3.C12H13ClFN3.C12H14FN3O.C7H6O3.C6H11BN2O2.C6H3ClFNO2.C6H5ClFNO/c1-12(2)23-16(7-9-22-23)19-14(15(20)6-8-21-19)11-26-18-5-3-4-17(25)13(18)10-24;1-8(2)17-11(4-6-16-17)12-9(7-13)10(14)3-5-15-12;1-8(2)16-11(4-6-15-16)12-9(7-17)10(13)3-5-14-12;8-4-5-6(9)2-1-3-7(5)10;1-5(2)9-6(7(10)11)3-4-8-9;7-5-4(6(10)11)3(8)1-2-9-5;7-6-4(3-10)5(8)1-2-9-6/h3-10,12,25H,11H2,1-2H3;3-6,8H,7H2,1-2H3;3-6,8,17H,7H2,1-2H3;1-4,9-10H;3-5,10-11H,1-2H3;1-2H,(H,10,11);1-2,10H,3H2. The smallest absolute Gasteiger partial charge is 0.507 e. The number of ether oxygens (including phenoxy) is 1. The van der Waals surface area contributed by atoms with Gasteiger partial charge in [-0.25, -0.2) is 36.7 Å². The lowest BCUT2D eigenvalue weighted by atomic mass is 9.86. The molecule has 2 aromatic carbocycles. The van der Waals surface area contributed by atoms with Crippen molar-refractivity contribution in [3.8, 4) is 57.2 Å². The van der Waals surface area contributed by atoms with Gasteiger partial charge in [-0.15, -0.1) is 11.6 Å². The summed E-state index contributed by atoms with van der Waals surface area (Å²) in [6.45, 7) is 14.8. The highest BCUT2D eigenvalue weighted by Gasteiger charge is 2.22. The van der Waals surface area contributed by atoms with Crippen molar-refractivity contribution < 1.29 is 81.8 Å². The first-order valence-electron chi connectivity index (χ1n) is 30.5. The summed E-state index contributed by atoms with van der Waals surface area (Å²) >= 11 is 16.5.